The van der Waals surface area contributed by atoms with Crippen LogP contribution < -0.4 is 5.73 Å². The maximum Gasteiger partial charge on any atom is 0.239 e. The van der Waals surface area contributed by atoms with Crippen LogP contribution >= 0.6 is 11.8 Å². The SMILES string of the molecule is CCn1ncc(N)c1C(=O)SC(C)C. The molecule has 1 rings (SSSR count). The van der Waals surface area contributed by atoms with E-state index in [0.717, 1.165) is 0 Å². The van der Waals surface area contributed by atoms with E-state index in [-0.39, 0.29) is 10.4 Å². The van der Waals surface area contributed by atoms with E-state index in [0.29, 0.717) is 17.9 Å². The fourth-order valence-corrected chi connectivity index (χ4v) is 1.90. The highest BCUT2D eigenvalue weighted by Crippen LogP contribution is 2.21. The van der Waals surface area contributed by atoms with Gasteiger partial charge in [0, 0.05) is 11.8 Å². The van der Waals surface area contributed by atoms with Gasteiger partial charge in [0.2, 0.25) is 5.12 Å². The molecule has 0 saturated carbocycles. The maximum atomic E-state index is 11.7. The molecular weight excluding hydrogens is 198 g/mol. The van der Waals surface area contributed by atoms with Crippen LogP contribution in [0.5, 0.6) is 0 Å². The average molecular weight is 213 g/mol. The third-order valence-electron chi connectivity index (χ3n) is 1.70. The van der Waals surface area contributed by atoms with Gasteiger partial charge in [0.25, 0.3) is 0 Å². The first-order valence-corrected chi connectivity index (χ1v) is 5.46. The lowest BCUT2D eigenvalue weighted by atomic mass is 10.4. The van der Waals surface area contributed by atoms with Gasteiger partial charge in [-0.2, -0.15) is 5.10 Å². The number of aromatic nitrogens is 2. The Labute approximate surface area is 87.9 Å². The number of carbonyl (C=O) groups is 1. The van der Waals surface area contributed by atoms with Crippen LogP contribution in [-0.2, 0) is 6.54 Å². The van der Waals surface area contributed by atoms with Crippen molar-refractivity contribution >= 4 is 22.6 Å². The molecular formula is C9H15N3OS. The predicted octanol–water partition coefficient (Wildman–Crippen LogP) is 1.77. The minimum absolute atomic E-state index is 0.00292. The first kappa shape index (κ1) is 11.1. The van der Waals surface area contributed by atoms with E-state index in [9.17, 15) is 4.79 Å². The van der Waals surface area contributed by atoms with Crippen molar-refractivity contribution in [3.8, 4) is 0 Å². The van der Waals surface area contributed by atoms with Crippen molar-refractivity contribution in [2.75, 3.05) is 5.73 Å². The zero-order valence-corrected chi connectivity index (χ0v) is 9.47. The second-order valence-electron chi connectivity index (χ2n) is 3.22. The van der Waals surface area contributed by atoms with Gasteiger partial charge >= 0.3 is 0 Å². The van der Waals surface area contributed by atoms with Crippen molar-refractivity contribution in [2.24, 2.45) is 0 Å². The summed E-state index contributed by atoms with van der Waals surface area (Å²) in [5.41, 5.74) is 6.66. The summed E-state index contributed by atoms with van der Waals surface area (Å²) < 4.78 is 1.63. The van der Waals surface area contributed by atoms with Crippen LogP contribution in [0.15, 0.2) is 6.20 Å². The molecule has 0 amide bonds. The predicted molar refractivity (Wildman–Crippen MR) is 59.4 cm³/mol. The molecule has 78 valence electrons. The Bertz CT molecular complexity index is 333. The van der Waals surface area contributed by atoms with Crippen LogP contribution in [0.25, 0.3) is 0 Å². The summed E-state index contributed by atoms with van der Waals surface area (Å²) in [5.74, 6) is 0. The van der Waals surface area contributed by atoms with Crippen LogP contribution in [0.4, 0.5) is 5.69 Å². The third-order valence-corrected chi connectivity index (χ3v) is 2.58. The zero-order valence-electron chi connectivity index (χ0n) is 8.65. The Hall–Kier alpha value is -0.970. The van der Waals surface area contributed by atoms with Crippen LogP contribution in [0.2, 0.25) is 0 Å². The van der Waals surface area contributed by atoms with E-state index in [1.165, 1.54) is 18.0 Å². The summed E-state index contributed by atoms with van der Waals surface area (Å²) in [6, 6.07) is 0. The second kappa shape index (κ2) is 4.50. The maximum absolute atomic E-state index is 11.7. The molecule has 4 nitrogen and oxygen atoms in total. The molecule has 5 heteroatoms. The molecule has 0 atom stereocenters. The number of rotatable bonds is 3. The molecule has 0 aliphatic rings. The van der Waals surface area contributed by atoms with E-state index >= 15 is 0 Å². The molecule has 0 unspecified atom stereocenters. The van der Waals surface area contributed by atoms with Crippen LogP contribution in [0.1, 0.15) is 31.3 Å². The minimum atomic E-state index is -0.00292. The molecule has 0 aliphatic carbocycles. The quantitative estimate of drug-likeness (QED) is 0.831. The van der Waals surface area contributed by atoms with E-state index < -0.39 is 0 Å². The summed E-state index contributed by atoms with van der Waals surface area (Å²) >= 11 is 1.28. The van der Waals surface area contributed by atoms with Gasteiger partial charge in [0.05, 0.1) is 11.9 Å². The van der Waals surface area contributed by atoms with E-state index in [1.54, 1.807) is 4.68 Å². The first-order chi connectivity index (χ1) is 6.56. The third kappa shape index (κ3) is 2.29. The molecule has 0 aliphatic heterocycles. The van der Waals surface area contributed by atoms with E-state index in [4.69, 9.17) is 5.73 Å². The largest absolute Gasteiger partial charge is 0.396 e. The first-order valence-electron chi connectivity index (χ1n) is 4.58. The summed E-state index contributed by atoms with van der Waals surface area (Å²) in [4.78, 5) is 11.7. The molecule has 0 radical (unpaired) electrons. The van der Waals surface area contributed by atoms with Crippen LogP contribution in [0.3, 0.4) is 0 Å². The molecule has 0 bridgehead atoms. The van der Waals surface area contributed by atoms with Gasteiger partial charge in [-0.05, 0) is 6.92 Å². The van der Waals surface area contributed by atoms with Gasteiger partial charge in [0.15, 0.2) is 0 Å². The van der Waals surface area contributed by atoms with Gasteiger partial charge in [-0.1, -0.05) is 25.6 Å². The number of hydrogen-bond acceptors (Lipinski definition) is 4. The molecule has 14 heavy (non-hydrogen) atoms. The second-order valence-corrected chi connectivity index (χ2v) is 4.77. The summed E-state index contributed by atoms with van der Waals surface area (Å²) in [6.45, 7) is 6.55. The molecule has 0 saturated heterocycles. The van der Waals surface area contributed by atoms with E-state index in [1.807, 2.05) is 20.8 Å². The van der Waals surface area contributed by atoms with Gasteiger partial charge in [0.1, 0.15) is 5.69 Å². The zero-order chi connectivity index (χ0) is 10.7. The van der Waals surface area contributed by atoms with Crippen molar-refractivity contribution < 1.29 is 4.79 Å². The number of nitrogens with zero attached hydrogens (tertiary/aromatic N) is 2. The molecule has 0 fully saturated rings. The Morgan fingerprint density at radius 2 is 2.36 bits per heavy atom. The van der Waals surface area contributed by atoms with Crippen LogP contribution in [0, 0.1) is 0 Å². The standard InChI is InChI=1S/C9H15N3OS/c1-4-12-8(7(10)5-11-12)9(13)14-6(2)3/h5-6H,4,10H2,1-3H3. The van der Waals surface area contributed by atoms with Crippen molar-refractivity contribution in [1.82, 2.24) is 9.78 Å². The van der Waals surface area contributed by atoms with Gasteiger partial charge < -0.3 is 5.73 Å². The number of nitrogen functional groups attached to an aromatic ring is 1. The molecule has 0 spiro atoms. The minimum Gasteiger partial charge on any atom is -0.396 e. The topological polar surface area (TPSA) is 60.9 Å². The lowest BCUT2D eigenvalue weighted by Gasteiger charge is -2.06. The number of thioether (sulfide) groups is 1. The monoisotopic (exact) mass is 213 g/mol. The number of hydrogen-bond donors (Lipinski definition) is 1. The highest BCUT2D eigenvalue weighted by atomic mass is 32.2. The Morgan fingerprint density at radius 1 is 1.71 bits per heavy atom. The van der Waals surface area contributed by atoms with Gasteiger partial charge in [-0.15, -0.1) is 0 Å². The number of aryl methyl sites for hydroxylation is 1. The van der Waals surface area contributed by atoms with Crippen molar-refractivity contribution in [2.45, 2.75) is 32.6 Å². The molecule has 0 aromatic carbocycles. The van der Waals surface area contributed by atoms with Gasteiger partial charge in [-0.3, -0.25) is 9.48 Å². The number of carbonyl (C=O) groups excluding carboxylic acids is 1. The fraction of sp³-hybridized carbons (Fsp3) is 0.556. The molecule has 2 N–H and O–H groups in total. The highest BCUT2D eigenvalue weighted by Gasteiger charge is 2.17. The average Bonchev–Trinajstić information content (AvgIpc) is 2.45. The molecule has 1 heterocycles. The highest BCUT2D eigenvalue weighted by molar-refractivity contribution is 8.14. The van der Waals surface area contributed by atoms with Crippen molar-refractivity contribution in [3.63, 3.8) is 0 Å². The van der Waals surface area contributed by atoms with Crippen molar-refractivity contribution in [3.05, 3.63) is 11.9 Å². The molecule has 1 aromatic heterocycles. The lowest BCUT2D eigenvalue weighted by Crippen LogP contribution is -2.10. The number of nitrogens with two attached hydrogens (primary N) is 1. The Balaban J connectivity index is 2.93. The number of anilines is 1. The lowest BCUT2D eigenvalue weighted by molar-refractivity contribution is 0.108. The smallest absolute Gasteiger partial charge is 0.239 e. The normalized spacial score (nSPS) is 10.9. The Kier molecular flexibility index (Phi) is 3.57. The Morgan fingerprint density at radius 3 is 2.86 bits per heavy atom. The summed E-state index contributed by atoms with van der Waals surface area (Å²) in [6.07, 6.45) is 1.53. The summed E-state index contributed by atoms with van der Waals surface area (Å²) in [5, 5.41) is 4.28. The van der Waals surface area contributed by atoms with E-state index in [2.05, 4.69) is 5.10 Å². The molecule has 1 aromatic rings. The van der Waals surface area contributed by atoms with Crippen LogP contribution in [-0.4, -0.2) is 20.1 Å². The fourth-order valence-electron chi connectivity index (χ4n) is 1.13. The van der Waals surface area contributed by atoms with Gasteiger partial charge in [-0.25, -0.2) is 0 Å². The summed E-state index contributed by atoms with van der Waals surface area (Å²) in [7, 11) is 0. The van der Waals surface area contributed by atoms with Crippen molar-refractivity contribution in [1.29, 1.82) is 0 Å².